The van der Waals surface area contributed by atoms with E-state index in [1.165, 1.54) is 31.2 Å². The summed E-state index contributed by atoms with van der Waals surface area (Å²) < 4.78 is 0.843. The zero-order valence-electron chi connectivity index (χ0n) is 15.0. The SMILES string of the molecule is CC(C)(C)c1cc(C2CCC(I)CC2)cc(C(C)(C)C)c1O. The first kappa shape index (κ1) is 18.1. The lowest BCUT2D eigenvalue weighted by Crippen LogP contribution is -2.19. The standard InChI is InChI=1S/C20H31IO/c1-19(2,3)16-11-14(13-7-9-15(21)10-8-13)12-17(18(16)22)20(4,5)6/h11-13,15,22H,7-10H2,1-6H3. The summed E-state index contributed by atoms with van der Waals surface area (Å²) in [4.78, 5) is 0. The van der Waals surface area contributed by atoms with Gasteiger partial charge in [-0.2, -0.15) is 0 Å². The summed E-state index contributed by atoms with van der Waals surface area (Å²) in [5.74, 6) is 1.17. The van der Waals surface area contributed by atoms with Gasteiger partial charge in [0, 0.05) is 3.92 Å². The van der Waals surface area contributed by atoms with Crippen LogP contribution < -0.4 is 0 Å². The molecule has 0 aromatic heterocycles. The topological polar surface area (TPSA) is 20.2 Å². The number of rotatable bonds is 1. The van der Waals surface area contributed by atoms with Crippen molar-refractivity contribution in [1.29, 1.82) is 0 Å². The van der Waals surface area contributed by atoms with Gasteiger partial charge in [-0.3, -0.25) is 0 Å². The van der Waals surface area contributed by atoms with Crippen molar-refractivity contribution in [3.05, 3.63) is 28.8 Å². The minimum atomic E-state index is -0.0272. The van der Waals surface area contributed by atoms with Crippen molar-refractivity contribution < 1.29 is 5.11 Å². The van der Waals surface area contributed by atoms with Crippen LogP contribution in [0.4, 0.5) is 0 Å². The Bertz CT molecular complexity index is 491. The molecule has 1 saturated carbocycles. The Morgan fingerprint density at radius 1 is 0.864 bits per heavy atom. The molecule has 2 heteroatoms. The first-order valence-corrected chi connectivity index (χ1v) is 9.76. The minimum absolute atomic E-state index is 0.0272. The van der Waals surface area contributed by atoms with E-state index in [-0.39, 0.29) is 10.8 Å². The lowest BCUT2D eigenvalue weighted by molar-refractivity contribution is 0.418. The molecule has 0 radical (unpaired) electrons. The van der Waals surface area contributed by atoms with E-state index in [1.807, 2.05) is 0 Å². The Labute approximate surface area is 150 Å². The van der Waals surface area contributed by atoms with Crippen LogP contribution in [0.25, 0.3) is 0 Å². The third-order valence-corrected chi connectivity index (χ3v) is 6.12. The van der Waals surface area contributed by atoms with E-state index in [2.05, 4.69) is 76.3 Å². The number of phenolic OH excluding ortho intramolecular Hbond substituents is 1. The summed E-state index contributed by atoms with van der Waals surface area (Å²) in [6, 6.07) is 4.56. The molecule has 22 heavy (non-hydrogen) atoms. The molecule has 1 N–H and O–H groups in total. The third-order valence-electron chi connectivity index (χ3n) is 4.88. The van der Waals surface area contributed by atoms with Gasteiger partial charge in [-0.25, -0.2) is 0 Å². The fourth-order valence-electron chi connectivity index (χ4n) is 3.42. The van der Waals surface area contributed by atoms with Crippen LogP contribution >= 0.6 is 22.6 Å². The van der Waals surface area contributed by atoms with Crippen LogP contribution in [0, 0.1) is 0 Å². The second kappa shape index (κ2) is 6.33. The molecule has 1 nitrogen and oxygen atoms in total. The van der Waals surface area contributed by atoms with Gasteiger partial charge in [0.1, 0.15) is 5.75 Å². The molecule has 124 valence electrons. The van der Waals surface area contributed by atoms with E-state index in [9.17, 15) is 5.11 Å². The molecular formula is C20H31IO. The first-order valence-electron chi connectivity index (χ1n) is 8.52. The Morgan fingerprint density at radius 2 is 1.27 bits per heavy atom. The van der Waals surface area contributed by atoms with Crippen molar-refractivity contribution in [2.24, 2.45) is 0 Å². The highest BCUT2D eigenvalue weighted by molar-refractivity contribution is 14.1. The van der Waals surface area contributed by atoms with E-state index in [0.29, 0.717) is 11.7 Å². The Balaban J connectivity index is 2.51. The summed E-state index contributed by atoms with van der Waals surface area (Å²) in [5.41, 5.74) is 3.59. The van der Waals surface area contributed by atoms with Crippen molar-refractivity contribution >= 4 is 22.6 Å². The second-order valence-corrected chi connectivity index (χ2v) is 10.7. The van der Waals surface area contributed by atoms with Crippen molar-refractivity contribution in [1.82, 2.24) is 0 Å². The fraction of sp³-hybridized carbons (Fsp3) is 0.700. The van der Waals surface area contributed by atoms with Gasteiger partial charge in [0.05, 0.1) is 0 Å². The molecule has 0 bridgehead atoms. The highest BCUT2D eigenvalue weighted by Crippen LogP contribution is 2.44. The van der Waals surface area contributed by atoms with Gasteiger partial charge in [-0.15, -0.1) is 0 Å². The maximum absolute atomic E-state index is 10.8. The van der Waals surface area contributed by atoms with Crippen LogP contribution in [0.15, 0.2) is 12.1 Å². The lowest BCUT2D eigenvalue weighted by Gasteiger charge is -2.31. The van der Waals surface area contributed by atoms with Crippen molar-refractivity contribution in [3.63, 3.8) is 0 Å². The largest absolute Gasteiger partial charge is 0.507 e. The predicted octanol–water partition coefficient (Wildman–Crippen LogP) is 6.45. The van der Waals surface area contributed by atoms with Crippen molar-refractivity contribution in [2.45, 2.75) is 87.9 Å². The van der Waals surface area contributed by atoms with E-state index in [1.54, 1.807) is 0 Å². The van der Waals surface area contributed by atoms with E-state index in [4.69, 9.17) is 0 Å². The average molecular weight is 414 g/mol. The number of hydrogen-bond acceptors (Lipinski definition) is 1. The molecule has 1 aromatic carbocycles. The van der Waals surface area contributed by atoms with Gasteiger partial charge >= 0.3 is 0 Å². The number of aromatic hydroxyl groups is 1. The number of phenols is 1. The molecule has 0 amide bonds. The number of benzene rings is 1. The van der Waals surface area contributed by atoms with Crippen LogP contribution in [0.1, 0.15) is 89.8 Å². The molecule has 1 aliphatic carbocycles. The van der Waals surface area contributed by atoms with E-state index in [0.717, 1.165) is 15.1 Å². The summed E-state index contributed by atoms with van der Waals surface area (Å²) in [5, 5.41) is 10.8. The van der Waals surface area contributed by atoms with Gasteiger partial charge < -0.3 is 5.11 Å². The quantitative estimate of drug-likeness (QED) is 0.414. The Kier molecular flexibility index (Phi) is 5.21. The second-order valence-electron chi connectivity index (χ2n) is 8.91. The predicted molar refractivity (Wildman–Crippen MR) is 105 cm³/mol. The molecule has 0 atom stereocenters. The molecule has 1 fully saturated rings. The fourth-order valence-corrected chi connectivity index (χ4v) is 4.14. The molecule has 0 saturated heterocycles. The van der Waals surface area contributed by atoms with Crippen molar-refractivity contribution in [2.75, 3.05) is 0 Å². The summed E-state index contributed by atoms with van der Waals surface area (Å²) in [6.07, 6.45) is 5.21. The number of hydrogen-bond donors (Lipinski definition) is 1. The Morgan fingerprint density at radius 3 is 1.64 bits per heavy atom. The molecule has 0 heterocycles. The Hall–Kier alpha value is -0.250. The van der Waals surface area contributed by atoms with Gasteiger partial charge in [0.15, 0.2) is 0 Å². The highest BCUT2D eigenvalue weighted by atomic mass is 127. The normalized spacial score (nSPS) is 23.6. The summed E-state index contributed by atoms with van der Waals surface area (Å²) in [7, 11) is 0. The summed E-state index contributed by atoms with van der Waals surface area (Å²) >= 11 is 2.59. The molecule has 0 aliphatic heterocycles. The maximum atomic E-state index is 10.8. The van der Waals surface area contributed by atoms with Crippen LogP contribution in [-0.2, 0) is 10.8 Å². The lowest BCUT2D eigenvalue weighted by atomic mass is 9.75. The monoisotopic (exact) mass is 414 g/mol. The number of halogens is 1. The zero-order chi connectivity index (χ0) is 16.7. The molecule has 1 aromatic rings. The molecule has 0 spiro atoms. The first-order chi connectivity index (χ1) is 10.00. The minimum Gasteiger partial charge on any atom is -0.507 e. The smallest absolute Gasteiger partial charge is 0.123 e. The zero-order valence-corrected chi connectivity index (χ0v) is 17.1. The third kappa shape index (κ3) is 3.98. The molecule has 2 rings (SSSR count). The average Bonchev–Trinajstić information content (AvgIpc) is 2.37. The van der Waals surface area contributed by atoms with Gasteiger partial charge in [0.2, 0.25) is 0 Å². The van der Waals surface area contributed by atoms with Crippen LogP contribution in [0.5, 0.6) is 5.75 Å². The summed E-state index contributed by atoms with van der Waals surface area (Å²) in [6.45, 7) is 13.2. The molecular weight excluding hydrogens is 383 g/mol. The van der Waals surface area contributed by atoms with Gasteiger partial charge in [-0.05, 0) is 59.1 Å². The van der Waals surface area contributed by atoms with E-state index < -0.39 is 0 Å². The van der Waals surface area contributed by atoms with Crippen LogP contribution in [0.3, 0.4) is 0 Å². The van der Waals surface area contributed by atoms with Crippen LogP contribution in [-0.4, -0.2) is 9.03 Å². The molecule has 0 unspecified atom stereocenters. The number of alkyl halides is 1. The van der Waals surface area contributed by atoms with Gasteiger partial charge in [0.25, 0.3) is 0 Å². The maximum Gasteiger partial charge on any atom is 0.123 e. The van der Waals surface area contributed by atoms with Gasteiger partial charge in [-0.1, -0.05) is 76.3 Å². The van der Waals surface area contributed by atoms with Crippen LogP contribution in [0.2, 0.25) is 0 Å². The highest BCUT2D eigenvalue weighted by Gasteiger charge is 2.29. The van der Waals surface area contributed by atoms with E-state index >= 15 is 0 Å². The molecule has 1 aliphatic rings. The van der Waals surface area contributed by atoms with Crippen molar-refractivity contribution in [3.8, 4) is 5.75 Å².